The fourth-order valence-electron chi connectivity index (χ4n) is 3.52. The summed E-state index contributed by atoms with van der Waals surface area (Å²) in [5.41, 5.74) is -3.20. The van der Waals surface area contributed by atoms with Crippen LogP contribution in [0.1, 0.15) is 34.5 Å². The highest BCUT2D eigenvalue weighted by Gasteiger charge is 2.41. The first-order chi connectivity index (χ1) is 15.9. The number of nitrogens with one attached hydrogen (secondary N) is 1. The molecular weight excluding hydrogens is 526 g/mol. The lowest BCUT2D eigenvalue weighted by molar-refractivity contribution is -0.141. The van der Waals surface area contributed by atoms with Crippen LogP contribution in [0.5, 0.6) is 0 Å². The molecule has 15 heteroatoms. The number of sulfone groups is 2. The molecule has 1 fully saturated rings. The molecule has 2 aromatic rings. The predicted octanol–water partition coefficient (Wildman–Crippen LogP) is 3.51. The predicted molar refractivity (Wildman–Crippen MR) is 110 cm³/mol. The summed E-state index contributed by atoms with van der Waals surface area (Å²) in [6, 6.07) is 4.50. The Balaban J connectivity index is 1.67. The third-order valence-electron chi connectivity index (χ3n) is 5.42. The smallest absolute Gasteiger partial charge is 0.352 e. The molecule has 1 saturated carbocycles. The Labute approximate surface area is 196 Å². The van der Waals surface area contributed by atoms with E-state index >= 15 is 0 Å². The minimum atomic E-state index is -4.93. The number of alkyl halides is 6. The number of rotatable bonds is 6. The minimum absolute atomic E-state index is 0.0169. The van der Waals surface area contributed by atoms with Gasteiger partial charge in [0.15, 0.2) is 24.7 Å². The van der Waals surface area contributed by atoms with Gasteiger partial charge in [-0.15, -0.1) is 0 Å². The summed E-state index contributed by atoms with van der Waals surface area (Å²) in [4.78, 5) is 15.0. The molecule has 0 bridgehead atoms. The molecule has 0 radical (unpaired) electrons. The van der Waals surface area contributed by atoms with E-state index in [0.29, 0.717) is 24.5 Å². The molecule has 1 N–H and O–H groups in total. The first kappa shape index (κ1) is 26.9. The highest BCUT2D eigenvalue weighted by atomic mass is 32.2. The number of benzene rings is 1. The number of amides is 1. The topological polar surface area (TPSA) is 110 Å². The van der Waals surface area contributed by atoms with Crippen LogP contribution in [-0.4, -0.2) is 45.8 Å². The van der Waals surface area contributed by atoms with E-state index in [4.69, 9.17) is 0 Å². The fraction of sp³-hybridized carbons (Fsp3) is 0.400. The third kappa shape index (κ3) is 5.94. The lowest BCUT2D eigenvalue weighted by atomic mass is 9.85. The van der Waals surface area contributed by atoms with Crippen molar-refractivity contribution in [3.8, 4) is 0 Å². The molecule has 1 aliphatic rings. The normalized spacial score (nSPS) is 19.2. The highest BCUT2D eigenvalue weighted by Crippen LogP contribution is 2.38. The van der Waals surface area contributed by atoms with Gasteiger partial charge >= 0.3 is 12.4 Å². The van der Waals surface area contributed by atoms with Gasteiger partial charge in [0.25, 0.3) is 5.91 Å². The molecular formula is C20H18F6N2O5S2. The summed E-state index contributed by atoms with van der Waals surface area (Å²) in [5, 5.41) is 0.312. The Morgan fingerprint density at radius 3 is 2.17 bits per heavy atom. The average molecular weight is 544 g/mol. The maximum atomic E-state index is 12.9. The molecule has 192 valence electrons. The van der Waals surface area contributed by atoms with Gasteiger partial charge in [-0.2, -0.15) is 26.3 Å². The third-order valence-corrected chi connectivity index (χ3v) is 8.61. The lowest BCUT2D eigenvalue weighted by Crippen LogP contribution is -2.42. The van der Waals surface area contributed by atoms with E-state index in [0.717, 1.165) is 18.2 Å². The first-order valence-electron chi connectivity index (χ1n) is 9.88. The van der Waals surface area contributed by atoms with Gasteiger partial charge in [0.2, 0.25) is 0 Å². The number of hydrogen-bond acceptors (Lipinski definition) is 6. The Hall–Kier alpha value is -2.68. The van der Waals surface area contributed by atoms with E-state index in [1.807, 2.05) is 0 Å². The van der Waals surface area contributed by atoms with Crippen molar-refractivity contribution in [3.05, 3.63) is 53.2 Å². The summed E-state index contributed by atoms with van der Waals surface area (Å²) >= 11 is 0. The number of hydrogen-bond donors (Lipinski definition) is 1. The van der Waals surface area contributed by atoms with Crippen molar-refractivity contribution in [1.29, 1.82) is 0 Å². The fourth-order valence-corrected chi connectivity index (χ4v) is 6.34. The number of aromatic nitrogens is 1. The van der Waals surface area contributed by atoms with Crippen LogP contribution >= 0.6 is 0 Å². The SMILES string of the molecule is CS(=O)(=O)c1nc(C(F)(F)F)ccc1C(=O)NCC1CC(S(=O)(=O)c2cccc(C(F)(F)F)c2)C1. The van der Waals surface area contributed by atoms with Gasteiger partial charge in [-0.05, 0) is 49.1 Å². The highest BCUT2D eigenvalue weighted by molar-refractivity contribution is 7.92. The Kier molecular flexibility index (Phi) is 6.98. The van der Waals surface area contributed by atoms with Crippen molar-refractivity contribution < 1.29 is 48.0 Å². The molecule has 3 rings (SSSR count). The van der Waals surface area contributed by atoms with E-state index in [2.05, 4.69) is 10.3 Å². The van der Waals surface area contributed by atoms with Crippen LogP contribution < -0.4 is 5.32 Å². The van der Waals surface area contributed by atoms with Crippen LogP contribution in [0.15, 0.2) is 46.3 Å². The molecule has 1 aliphatic carbocycles. The number of halogens is 6. The zero-order valence-corrected chi connectivity index (χ0v) is 19.4. The summed E-state index contributed by atoms with van der Waals surface area (Å²) in [6.07, 6.45) is -9.01. The van der Waals surface area contributed by atoms with Crippen molar-refractivity contribution in [1.82, 2.24) is 10.3 Å². The minimum Gasteiger partial charge on any atom is -0.352 e. The van der Waals surface area contributed by atoms with E-state index in [1.54, 1.807) is 0 Å². The van der Waals surface area contributed by atoms with Crippen LogP contribution in [0, 0.1) is 5.92 Å². The molecule has 0 atom stereocenters. The second-order valence-electron chi connectivity index (χ2n) is 8.06. The van der Waals surface area contributed by atoms with Crippen LogP contribution in [0.25, 0.3) is 0 Å². The van der Waals surface area contributed by atoms with Crippen molar-refractivity contribution in [3.63, 3.8) is 0 Å². The summed E-state index contributed by atoms with van der Waals surface area (Å²) in [7, 11) is -8.36. The van der Waals surface area contributed by atoms with Gasteiger partial charge in [-0.3, -0.25) is 4.79 Å². The molecule has 0 spiro atoms. The van der Waals surface area contributed by atoms with E-state index in [1.165, 1.54) is 0 Å². The van der Waals surface area contributed by atoms with E-state index in [-0.39, 0.29) is 19.4 Å². The maximum Gasteiger partial charge on any atom is 0.433 e. The first-order valence-corrected chi connectivity index (χ1v) is 13.3. The van der Waals surface area contributed by atoms with Crippen molar-refractivity contribution >= 4 is 25.6 Å². The summed E-state index contributed by atoms with van der Waals surface area (Å²) < 4.78 is 126. The van der Waals surface area contributed by atoms with Gasteiger partial charge in [0, 0.05) is 12.8 Å². The maximum absolute atomic E-state index is 12.9. The van der Waals surface area contributed by atoms with Gasteiger partial charge in [0.05, 0.1) is 21.3 Å². The van der Waals surface area contributed by atoms with E-state index < -0.39 is 75.8 Å². The molecule has 0 aliphatic heterocycles. The zero-order valence-electron chi connectivity index (χ0n) is 17.8. The van der Waals surface area contributed by atoms with Gasteiger partial charge in [-0.25, -0.2) is 21.8 Å². The Morgan fingerprint density at radius 2 is 1.63 bits per heavy atom. The lowest BCUT2D eigenvalue weighted by Gasteiger charge is -2.35. The molecule has 35 heavy (non-hydrogen) atoms. The van der Waals surface area contributed by atoms with Gasteiger partial charge in [-0.1, -0.05) is 6.07 Å². The number of carbonyl (C=O) groups excluding carboxylic acids is 1. The van der Waals surface area contributed by atoms with E-state index in [9.17, 15) is 48.0 Å². The zero-order chi connectivity index (χ0) is 26.4. The molecule has 1 heterocycles. The Morgan fingerprint density at radius 1 is 1.00 bits per heavy atom. The summed E-state index contributed by atoms with van der Waals surface area (Å²) in [6.45, 7) is -0.127. The van der Waals surface area contributed by atoms with Crippen LogP contribution in [0.3, 0.4) is 0 Å². The quantitative estimate of drug-likeness (QED) is 0.558. The van der Waals surface area contributed by atoms with Crippen LogP contribution in [-0.2, 0) is 32.0 Å². The number of nitrogens with zero attached hydrogens (tertiary/aromatic N) is 1. The van der Waals surface area contributed by atoms with Crippen LogP contribution in [0.4, 0.5) is 26.3 Å². The van der Waals surface area contributed by atoms with Crippen LogP contribution in [0.2, 0.25) is 0 Å². The molecule has 0 saturated heterocycles. The standard InChI is InChI=1S/C20H18F6N2O5S2/c1-34(30,31)18-15(5-6-16(28-18)20(24,25)26)17(29)27-10-11-7-14(8-11)35(32,33)13-4-2-3-12(9-13)19(21,22)23/h2-6,9,11,14H,7-8,10H2,1H3,(H,27,29). The monoisotopic (exact) mass is 544 g/mol. The Bertz CT molecular complexity index is 1350. The van der Waals surface area contributed by atoms with Crippen molar-refractivity contribution in [2.24, 2.45) is 5.92 Å². The molecule has 1 aromatic heterocycles. The molecule has 7 nitrogen and oxygen atoms in total. The van der Waals surface area contributed by atoms with Crippen molar-refractivity contribution in [2.75, 3.05) is 12.8 Å². The summed E-state index contributed by atoms with van der Waals surface area (Å²) in [5.74, 6) is -1.41. The van der Waals surface area contributed by atoms with Gasteiger partial charge in [0.1, 0.15) is 5.69 Å². The molecule has 1 aromatic carbocycles. The molecule has 0 unspecified atom stereocenters. The molecule has 1 amide bonds. The number of pyridine rings is 1. The second kappa shape index (κ2) is 9.08. The second-order valence-corrected chi connectivity index (χ2v) is 12.2. The van der Waals surface area contributed by atoms with Gasteiger partial charge < -0.3 is 5.32 Å². The van der Waals surface area contributed by atoms with Crippen molar-refractivity contribution in [2.45, 2.75) is 40.4 Å². The average Bonchev–Trinajstić information content (AvgIpc) is 2.70. The number of carbonyl (C=O) groups is 1. The largest absolute Gasteiger partial charge is 0.433 e.